The second kappa shape index (κ2) is 5.14. The minimum Gasteiger partial charge on any atom is -0.321 e. The molecular formula is C11H12ClN5O. The SMILES string of the molecule is Cc1ccnc(Cl)c1NC(=O)C(C)n1cncn1. The van der Waals surface area contributed by atoms with Crippen molar-refractivity contribution in [2.45, 2.75) is 19.9 Å². The molecule has 1 unspecified atom stereocenters. The van der Waals surface area contributed by atoms with Gasteiger partial charge in [0.1, 0.15) is 18.7 Å². The van der Waals surface area contributed by atoms with Gasteiger partial charge in [0.05, 0.1) is 5.69 Å². The Morgan fingerprint density at radius 3 is 2.94 bits per heavy atom. The summed E-state index contributed by atoms with van der Waals surface area (Å²) in [6.07, 6.45) is 4.46. The number of aromatic nitrogens is 4. The van der Waals surface area contributed by atoms with E-state index in [9.17, 15) is 4.79 Å². The van der Waals surface area contributed by atoms with Gasteiger partial charge >= 0.3 is 0 Å². The van der Waals surface area contributed by atoms with Crippen molar-refractivity contribution in [1.82, 2.24) is 19.7 Å². The topological polar surface area (TPSA) is 72.7 Å². The molecule has 0 spiro atoms. The second-order valence-electron chi connectivity index (χ2n) is 3.83. The number of aryl methyl sites for hydroxylation is 1. The normalized spacial score (nSPS) is 12.2. The second-order valence-corrected chi connectivity index (χ2v) is 4.19. The van der Waals surface area contributed by atoms with Crippen LogP contribution in [0.15, 0.2) is 24.9 Å². The first kappa shape index (κ1) is 12.5. The molecule has 1 amide bonds. The van der Waals surface area contributed by atoms with Gasteiger partial charge < -0.3 is 5.32 Å². The summed E-state index contributed by atoms with van der Waals surface area (Å²) >= 11 is 5.94. The maximum absolute atomic E-state index is 12.0. The molecule has 6 nitrogen and oxygen atoms in total. The number of carbonyl (C=O) groups excluding carboxylic acids is 1. The average Bonchev–Trinajstić information content (AvgIpc) is 2.86. The van der Waals surface area contributed by atoms with Crippen LogP contribution in [0.2, 0.25) is 5.15 Å². The molecule has 2 aromatic rings. The van der Waals surface area contributed by atoms with E-state index in [1.54, 1.807) is 19.2 Å². The van der Waals surface area contributed by atoms with E-state index in [0.29, 0.717) is 5.69 Å². The van der Waals surface area contributed by atoms with Crippen molar-refractivity contribution in [1.29, 1.82) is 0 Å². The number of rotatable bonds is 3. The molecule has 0 aliphatic carbocycles. The number of pyridine rings is 1. The Balaban J connectivity index is 2.17. The highest BCUT2D eigenvalue weighted by molar-refractivity contribution is 6.32. The summed E-state index contributed by atoms with van der Waals surface area (Å²) in [5, 5.41) is 6.94. The van der Waals surface area contributed by atoms with Gasteiger partial charge in [-0.3, -0.25) is 4.79 Å². The van der Waals surface area contributed by atoms with Crippen LogP contribution < -0.4 is 5.32 Å². The summed E-state index contributed by atoms with van der Waals surface area (Å²) in [5.41, 5.74) is 1.38. The fourth-order valence-corrected chi connectivity index (χ4v) is 1.69. The molecule has 2 aromatic heterocycles. The van der Waals surface area contributed by atoms with E-state index >= 15 is 0 Å². The lowest BCUT2D eigenvalue weighted by Gasteiger charge is -2.14. The minimum atomic E-state index is -0.469. The summed E-state index contributed by atoms with van der Waals surface area (Å²) in [5.74, 6) is -0.224. The van der Waals surface area contributed by atoms with Gasteiger partial charge in [0, 0.05) is 6.20 Å². The molecule has 0 aliphatic heterocycles. The number of nitrogens with zero attached hydrogens (tertiary/aromatic N) is 4. The van der Waals surface area contributed by atoms with Crippen LogP contribution in [0.1, 0.15) is 18.5 Å². The zero-order chi connectivity index (χ0) is 13.1. The Hall–Kier alpha value is -1.95. The Kier molecular flexibility index (Phi) is 3.57. The summed E-state index contributed by atoms with van der Waals surface area (Å²) in [6, 6.07) is 1.31. The smallest absolute Gasteiger partial charge is 0.249 e. The molecule has 0 radical (unpaired) electrons. The van der Waals surface area contributed by atoms with Crippen LogP contribution in [-0.4, -0.2) is 25.7 Å². The van der Waals surface area contributed by atoms with E-state index in [-0.39, 0.29) is 11.1 Å². The molecule has 0 fully saturated rings. The number of nitrogens with one attached hydrogen (secondary N) is 1. The lowest BCUT2D eigenvalue weighted by atomic mass is 10.2. The van der Waals surface area contributed by atoms with Gasteiger partial charge in [-0.05, 0) is 25.5 Å². The zero-order valence-corrected chi connectivity index (χ0v) is 10.7. The Morgan fingerprint density at radius 1 is 1.56 bits per heavy atom. The summed E-state index contributed by atoms with van der Waals surface area (Å²) in [7, 11) is 0. The standard InChI is InChI=1S/C11H12ClN5O/c1-7-3-4-14-10(12)9(7)16-11(18)8(2)17-6-13-5-15-17/h3-6,8H,1-2H3,(H,16,18). The highest BCUT2D eigenvalue weighted by Crippen LogP contribution is 2.23. The third-order valence-electron chi connectivity index (χ3n) is 2.57. The lowest BCUT2D eigenvalue weighted by Crippen LogP contribution is -2.24. The number of anilines is 1. The summed E-state index contributed by atoms with van der Waals surface area (Å²) in [4.78, 5) is 19.8. The number of hydrogen-bond acceptors (Lipinski definition) is 4. The van der Waals surface area contributed by atoms with Crippen LogP contribution in [0.5, 0.6) is 0 Å². The third kappa shape index (κ3) is 2.48. The van der Waals surface area contributed by atoms with Gasteiger partial charge in [0.2, 0.25) is 5.91 Å². The molecule has 0 aliphatic rings. The first-order valence-corrected chi connectivity index (χ1v) is 5.73. The van der Waals surface area contributed by atoms with Crippen molar-refractivity contribution in [2.75, 3.05) is 5.32 Å². The summed E-state index contributed by atoms with van der Waals surface area (Å²) in [6.45, 7) is 3.58. The van der Waals surface area contributed by atoms with Crippen molar-refractivity contribution >= 4 is 23.2 Å². The first-order chi connectivity index (χ1) is 8.59. The van der Waals surface area contributed by atoms with E-state index in [2.05, 4.69) is 20.4 Å². The maximum atomic E-state index is 12.0. The van der Waals surface area contributed by atoms with Crippen LogP contribution >= 0.6 is 11.6 Å². The number of halogens is 1. The fourth-order valence-electron chi connectivity index (χ4n) is 1.44. The van der Waals surface area contributed by atoms with Crippen LogP contribution in [0, 0.1) is 6.92 Å². The van der Waals surface area contributed by atoms with Crippen LogP contribution in [0.3, 0.4) is 0 Å². The van der Waals surface area contributed by atoms with Gasteiger partial charge in [0.25, 0.3) is 0 Å². The largest absolute Gasteiger partial charge is 0.321 e. The van der Waals surface area contributed by atoms with Crippen molar-refractivity contribution in [2.24, 2.45) is 0 Å². The molecule has 94 valence electrons. The number of carbonyl (C=O) groups is 1. The predicted molar refractivity (Wildman–Crippen MR) is 67.3 cm³/mol. The van der Waals surface area contributed by atoms with E-state index in [0.717, 1.165) is 5.56 Å². The predicted octanol–water partition coefficient (Wildman–Crippen LogP) is 1.83. The van der Waals surface area contributed by atoms with Crippen molar-refractivity contribution in [3.05, 3.63) is 35.6 Å². The quantitative estimate of drug-likeness (QED) is 0.860. The van der Waals surface area contributed by atoms with Gasteiger partial charge in [-0.1, -0.05) is 11.6 Å². The van der Waals surface area contributed by atoms with E-state index in [1.807, 2.05) is 6.92 Å². The van der Waals surface area contributed by atoms with Gasteiger partial charge in [0.15, 0.2) is 5.15 Å². The highest BCUT2D eigenvalue weighted by atomic mass is 35.5. The first-order valence-electron chi connectivity index (χ1n) is 5.35. The van der Waals surface area contributed by atoms with Crippen molar-refractivity contribution < 1.29 is 4.79 Å². The molecule has 18 heavy (non-hydrogen) atoms. The zero-order valence-electron chi connectivity index (χ0n) is 9.96. The van der Waals surface area contributed by atoms with Crippen LogP contribution in [0.4, 0.5) is 5.69 Å². The number of hydrogen-bond donors (Lipinski definition) is 1. The summed E-state index contributed by atoms with van der Waals surface area (Å²) < 4.78 is 1.47. The van der Waals surface area contributed by atoms with Crippen LogP contribution in [0.25, 0.3) is 0 Å². The maximum Gasteiger partial charge on any atom is 0.249 e. The molecule has 7 heteroatoms. The Labute approximate surface area is 109 Å². The fraction of sp³-hybridized carbons (Fsp3) is 0.273. The Bertz CT molecular complexity index is 534. The van der Waals surface area contributed by atoms with Crippen LogP contribution in [-0.2, 0) is 4.79 Å². The monoisotopic (exact) mass is 265 g/mol. The molecule has 0 saturated heterocycles. The Morgan fingerprint density at radius 2 is 2.33 bits per heavy atom. The minimum absolute atomic E-state index is 0.224. The molecule has 1 atom stereocenters. The molecular weight excluding hydrogens is 254 g/mol. The van der Waals surface area contributed by atoms with E-state index in [1.165, 1.54) is 17.3 Å². The van der Waals surface area contributed by atoms with Crippen molar-refractivity contribution in [3.8, 4) is 0 Å². The highest BCUT2D eigenvalue weighted by Gasteiger charge is 2.17. The molecule has 1 N–H and O–H groups in total. The molecule has 2 rings (SSSR count). The van der Waals surface area contributed by atoms with E-state index in [4.69, 9.17) is 11.6 Å². The van der Waals surface area contributed by atoms with Gasteiger partial charge in [-0.2, -0.15) is 5.10 Å². The molecule has 0 aromatic carbocycles. The van der Waals surface area contributed by atoms with Crippen molar-refractivity contribution in [3.63, 3.8) is 0 Å². The molecule has 0 saturated carbocycles. The molecule has 0 bridgehead atoms. The average molecular weight is 266 g/mol. The van der Waals surface area contributed by atoms with E-state index < -0.39 is 6.04 Å². The van der Waals surface area contributed by atoms with Gasteiger partial charge in [-0.25, -0.2) is 14.6 Å². The van der Waals surface area contributed by atoms with Gasteiger partial charge in [-0.15, -0.1) is 0 Å². The molecule has 2 heterocycles. The number of amides is 1. The third-order valence-corrected chi connectivity index (χ3v) is 2.86. The lowest BCUT2D eigenvalue weighted by molar-refractivity contribution is -0.119.